The van der Waals surface area contributed by atoms with Crippen molar-refractivity contribution < 1.29 is 4.79 Å². The van der Waals surface area contributed by atoms with Gasteiger partial charge in [-0.2, -0.15) is 0 Å². The molecule has 0 aromatic heterocycles. The van der Waals surface area contributed by atoms with Crippen LogP contribution in [0, 0.1) is 0 Å². The largest absolute Gasteiger partial charge is 0.336 e. The summed E-state index contributed by atoms with van der Waals surface area (Å²) in [4.78, 5) is 19.1. The smallest absolute Gasteiger partial charge is 0.255 e. The summed E-state index contributed by atoms with van der Waals surface area (Å²) in [6, 6.07) is 40.0. The van der Waals surface area contributed by atoms with Crippen LogP contribution in [0.15, 0.2) is 120 Å². The van der Waals surface area contributed by atoms with Crippen molar-refractivity contribution in [3.05, 3.63) is 138 Å². The fourth-order valence-electron chi connectivity index (χ4n) is 4.74. The molecule has 176 valence electrons. The van der Waals surface area contributed by atoms with Gasteiger partial charge in [0.1, 0.15) is 0 Å². The molecule has 0 unspecified atom stereocenters. The van der Waals surface area contributed by atoms with Crippen molar-refractivity contribution in [1.29, 1.82) is 0 Å². The molecule has 4 aromatic rings. The van der Waals surface area contributed by atoms with Gasteiger partial charge in [0, 0.05) is 36.8 Å². The lowest BCUT2D eigenvalue weighted by molar-refractivity contribution is 0.0594. The summed E-state index contributed by atoms with van der Waals surface area (Å²) in [5.74, 6) is 0.992. The molecule has 4 aromatic carbocycles. The highest BCUT2D eigenvalue weighted by atomic mass is 32.2. The van der Waals surface area contributed by atoms with E-state index >= 15 is 0 Å². The molecule has 3 nitrogen and oxygen atoms in total. The van der Waals surface area contributed by atoms with Gasteiger partial charge < -0.3 is 4.90 Å². The number of benzene rings is 4. The van der Waals surface area contributed by atoms with Gasteiger partial charge in [-0.3, -0.25) is 9.69 Å². The van der Waals surface area contributed by atoms with Crippen LogP contribution in [0.1, 0.15) is 33.1 Å². The minimum Gasteiger partial charge on any atom is -0.336 e. The predicted molar refractivity (Wildman–Crippen MR) is 145 cm³/mol. The van der Waals surface area contributed by atoms with Gasteiger partial charge in [0.2, 0.25) is 0 Å². The molecule has 0 spiro atoms. The Labute approximate surface area is 212 Å². The Morgan fingerprint density at radius 1 is 0.657 bits per heavy atom. The van der Waals surface area contributed by atoms with Crippen LogP contribution in [0.25, 0.3) is 0 Å². The number of carbonyl (C=O) groups is 1. The van der Waals surface area contributed by atoms with Crippen LogP contribution in [0.5, 0.6) is 0 Å². The van der Waals surface area contributed by atoms with E-state index in [2.05, 4.69) is 95.9 Å². The quantitative estimate of drug-likeness (QED) is 0.282. The number of rotatable bonds is 7. The van der Waals surface area contributed by atoms with Gasteiger partial charge in [-0.05, 0) is 28.8 Å². The van der Waals surface area contributed by atoms with Crippen molar-refractivity contribution in [2.45, 2.75) is 16.7 Å². The fourth-order valence-corrected chi connectivity index (χ4v) is 5.74. The average Bonchev–Trinajstić information content (AvgIpc) is 2.94. The molecule has 1 saturated heterocycles. The zero-order chi connectivity index (χ0) is 23.9. The van der Waals surface area contributed by atoms with E-state index in [0.717, 1.165) is 42.4 Å². The number of hydrogen-bond acceptors (Lipinski definition) is 3. The van der Waals surface area contributed by atoms with Crippen LogP contribution >= 0.6 is 11.8 Å². The van der Waals surface area contributed by atoms with Crippen molar-refractivity contribution in [1.82, 2.24) is 9.80 Å². The number of nitrogens with zero attached hydrogens (tertiary/aromatic N) is 2. The Morgan fingerprint density at radius 3 is 1.77 bits per heavy atom. The molecule has 0 saturated carbocycles. The maximum absolute atomic E-state index is 13.5. The maximum atomic E-state index is 13.5. The molecule has 1 aliphatic rings. The molecular formula is C31H30N2OS. The third-order valence-corrected chi connectivity index (χ3v) is 7.70. The molecule has 1 heterocycles. The van der Waals surface area contributed by atoms with E-state index in [-0.39, 0.29) is 11.9 Å². The first-order valence-corrected chi connectivity index (χ1v) is 13.2. The SMILES string of the molecule is O=C(c1ccccc1SCc1ccccc1)N1CCN(C(c2ccccc2)c2ccccc2)CC1. The van der Waals surface area contributed by atoms with E-state index < -0.39 is 0 Å². The van der Waals surface area contributed by atoms with E-state index in [1.54, 1.807) is 11.8 Å². The molecular weight excluding hydrogens is 448 g/mol. The van der Waals surface area contributed by atoms with Gasteiger partial charge in [-0.25, -0.2) is 0 Å². The van der Waals surface area contributed by atoms with Gasteiger partial charge in [-0.15, -0.1) is 11.8 Å². The Bertz CT molecular complexity index is 1180. The minimum atomic E-state index is 0.136. The summed E-state index contributed by atoms with van der Waals surface area (Å²) in [5.41, 5.74) is 4.66. The molecule has 35 heavy (non-hydrogen) atoms. The molecule has 4 heteroatoms. The lowest BCUT2D eigenvalue weighted by Crippen LogP contribution is -2.50. The highest BCUT2D eigenvalue weighted by Gasteiger charge is 2.29. The van der Waals surface area contributed by atoms with Crippen LogP contribution in [-0.4, -0.2) is 41.9 Å². The molecule has 0 aliphatic carbocycles. The molecule has 0 atom stereocenters. The minimum absolute atomic E-state index is 0.136. The zero-order valence-electron chi connectivity index (χ0n) is 19.8. The second-order valence-electron chi connectivity index (χ2n) is 8.82. The summed E-state index contributed by atoms with van der Waals surface area (Å²) in [7, 11) is 0. The van der Waals surface area contributed by atoms with Crippen molar-refractivity contribution in [2.24, 2.45) is 0 Å². The first kappa shape index (κ1) is 23.4. The summed E-state index contributed by atoms with van der Waals surface area (Å²) < 4.78 is 0. The molecule has 1 aliphatic heterocycles. The van der Waals surface area contributed by atoms with E-state index in [1.165, 1.54) is 16.7 Å². The average molecular weight is 479 g/mol. The maximum Gasteiger partial charge on any atom is 0.255 e. The molecule has 1 fully saturated rings. The Kier molecular flexibility index (Phi) is 7.62. The second kappa shape index (κ2) is 11.4. The van der Waals surface area contributed by atoms with Crippen LogP contribution in [0.3, 0.4) is 0 Å². The summed E-state index contributed by atoms with van der Waals surface area (Å²) in [6.07, 6.45) is 0. The summed E-state index contributed by atoms with van der Waals surface area (Å²) in [6.45, 7) is 3.15. The third-order valence-electron chi connectivity index (χ3n) is 6.55. The Balaban J connectivity index is 1.28. The van der Waals surface area contributed by atoms with Gasteiger partial charge in [0.15, 0.2) is 0 Å². The van der Waals surface area contributed by atoms with Crippen LogP contribution in [-0.2, 0) is 5.75 Å². The second-order valence-corrected chi connectivity index (χ2v) is 9.84. The van der Waals surface area contributed by atoms with Crippen molar-refractivity contribution in [3.63, 3.8) is 0 Å². The van der Waals surface area contributed by atoms with Gasteiger partial charge in [0.05, 0.1) is 11.6 Å². The normalized spacial score (nSPS) is 14.3. The highest BCUT2D eigenvalue weighted by Crippen LogP contribution is 2.31. The fraction of sp³-hybridized carbons (Fsp3) is 0.194. The summed E-state index contributed by atoms with van der Waals surface area (Å²) >= 11 is 1.73. The first-order valence-electron chi connectivity index (χ1n) is 12.2. The van der Waals surface area contributed by atoms with E-state index in [9.17, 15) is 4.79 Å². The van der Waals surface area contributed by atoms with Crippen LogP contribution < -0.4 is 0 Å². The van der Waals surface area contributed by atoms with Gasteiger partial charge in [-0.1, -0.05) is 103 Å². The monoisotopic (exact) mass is 478 g/mol. The predicted octanol–water partition coefficient (Wildman–Crippen LogP) is 6.53. The first-order chi connectivity index (χ1) is 17.3. The van der Waals surface area contributed by atoms with Gasteiger partial charge >= 0.3 is 0 Å². The Hall–Kier alpha value is -3.34. The number of carbonyl (C=O) groups excluding carboxylic acids is 1. The van der Waals surface area contributed by atoms with Crippen molar-refractivity contribution in [2.75, 3.05) is 26.2 Å². The Morgan fingerprint density at radius 2 is 1.17 bits per heavy atom. The topological polar surface area (TPSA) is 23.6 Å². The lowest BCUT2D eigenvalue weighted by Gasteiger charge is -2.40. The molecule has 5 rings (SSSR count). The molecule has 0 radical (unpaired) electrons. The van der Waals surface area contributed by atoms with Crippen LogP contribution in [0.2, 0.25) is 0 Å². The van der Waals surface area contributed by atoms with Crippen molar-refractivity contribution in [3.8, 4) is 0 Å². The standard InChI is InChI=1S/C31H30N2OS/c34-31(28-18-10-11-19-29(28)35-24-25-12-4-1-5-13-25)33-22-20-32(21-23-33)30(26-14-6-2-7-15-26)27-16-8-3-9-17-27/h1-19,30H,20-24H2. The van der Waals surface area contributed by atoms with Gasteiger partial charge in [0.25, 0.3) is 5.91 Å². The van der Waals surface area contributed by atoms with E-state index in [4.69, 9.17) is 0 Å². The lowest BCUT2D eigenvalue weighted by atomic mass is 9.96. The summed E-state index contributed by atoms with van der Waals surface area (Å²) in [5, 5.41) is 0. The number of piperazine rings is 1. The number of thioether (sulfide) groups is 1. The zero-order valence-corrected chi connectivity index (χ0v) is 20.6. The molecule has 1 amide bonds. The number of amides is 1. The number of hydrogen-bond donors (Lipinski definition) is 0. The third kappa shape index (κ3) is 5.67. The molecule has 0 N–H and O–H groups in total. The van der Waals surface area contributed by atoms with Crippen LogP contribution in [0.4, 0.5) is 0 Å². The van der Waals surface area contributed by atoms with E-state index in [1.807, 2.05) is 29.2 Å². The van der Waals surface area contributed by atoms with E-state index in [0.29, 0.717) is 0 Å². The highest BCUT2D eigenvalue weighted by molar-refractivity contribution is 7.98. The molecule has 0 bridgehead atoms. The van der Waals surface area contributed by atoms with Crippen molar-refractivity contribution >= 4 is 17.7 Å².